The Bertz CT molecular complexity index is 900. The molecule has 7 nitrogen and oxygen atoms in total. The van der Waals surface area contributed by atoms with E-state index in [1.54, 1.807) is 6.07 Å². The monoisotopic (exact) mass is 418 g/mol. The lowest BCUT2D eigenvalue weighted by atomic mass is 9.73. The van der Waals surface area contributed by atoms with Gasteiger partial charge in [-0.3, -0.25) is 9.59 Å². The van der Waals surface area contributed by atoms with Crippen molar-refractivity contribution in [3.8, 4) is 16.9 Å². The lowest BCUT2D eigenvalue weighted by molar-refractivity contribution is -0.163. The first-order valence-electron chi connectivity index (χ1n) is 9.26. The van der Waals surface area contributed by atoms with Crippen LogP contribution in [-0.2, 0) is 9.59 Å². The van der Waals surface area contributed by atoms with Crippen molar-refractivity contribution >= 4 is 25.4 Å². The lowest BCUT2D eigenvalue weighted by Gasteiger charge is -2.38. The van der Waals surface area contributed by atoms with Crippen LogP contribution in [0.5, 0.6) is 5.75 Å². The Balaban J connectivity index is 2.08. The second-order valence-corrected chi connectivity index (χ2v) is 8.72. The quantitative estimate of drug-likeness (QED) is 0.461. The van der Waals surface area contributed by atoms with Crippen molar-refractivity contribution in [2.75, 3.05) is 19.4 Å². The van der Waals surface area contributed by atoms with Crippen LogP contribution in [0.3, 0.4) is 0 Å². The molecule has 0 bridgehead atoms. The van der Waals surface area contributed by atoms with E-state index in [1.165, 1.54) is 0 Å². The molecular weight excluding hydrogens is 395 g/mol. The van der Waals surface area contributed by atoms with Crippen LogP contribution in [-0.4, -0.2) is 51.7 Å². The number of hydrogen-bond donors (Lipinski definition) is 4. The summed E-state index contributed by atoms with van der Waals surface area (Å²) >= 11 is 0. The van der Waals surface area contributed by atoms with E-state index in [2.05, 4.69) is 0 Å². The first kappa shape index (κ1) is 21.2. The van der Waals surface area contributed by atoms with Gasteiger partial charge in [-0.2, -0.15) is 0 Å². The summed E-state index contributed by atoms with van der Waals surface area (Å²) in [4.78, 5) is 24.3. The van der Waals surface area contributed by atoms with Crippen molar-refractivity contribution in [1.29, 1.82) is 0 Å². The molecule has 3 rings (SSSR count). The topological polar surface area (TPSA) is 124 Å². The van der Waals surface area contributed by atoms with Gasteiger partial charge in [-0.15, -0.1) is 0 Å². The van der Waals surface area contributed by atoms with E-state index in [-0.39, 0.29) is 19.0 Å². The molecule has 0 radical (unpaired) electrons. The van der Waals surface area contributed by atoms with E-state index in [4.69, 9.17) is 4.52 Å². The minimum atomic E-state index is -1.77. The van der Waals surface area contributed by atoms with Gasteiger partial charge in [-0.05, 0) is 24.5 Å². The Morgan fingerprint density at radius 1 is 0.966 bits per heavy atom. The standard InChI is InChI=1S/C21H23O7P/c22-11-9-16(19(24)25)21(10-12-23,20(26)27)13-29-18-8-4-2-6-15(18)14-5-1-3-7-17(14)28-29/h1-8,16,22-23H,9-13H2,(H,24,25)(H,26,27). The number of carboxylic acids is 2. The number of carboxylic acid groups (broad SMARTS) is 2. The predicted molar refractivity (Wildman–Crippen MR) is 109 cm³/mol. The lowest BCUT2D eigenvalue weighted by Crippen LogP contribution is -2.47. The van der Waals surface area contributed by atoms with Crippen LogP contribution in [0.15, 0.2) is 48.5 Å². The molecule has 8 heteroatoms. The van der Waals surface area contributed by atoms with Gasteiger partial charge in [0.1, 0.15) is 13.9 Å². The van der Waals surface area contributed by atoms with Gasteiger partial charge in [0, 0.05) is 30.2 Å². The molecule has 0 aliphatic carbocycles. The van der Waals surface area contributed by atoms with Gasteiger partial charge in [0.25, 0.3) is 0 Å². The Labute approximate surface area is 169 Å². The van der Waals surface area contributed by atoms with Gasteiger partial charge in [-0.25, -0.2) is 0 Å². The number of aliphatic hydroxyl groups is 2. The SMILES string of the molecule is O=C(O)C(CCO)C(CCO)(CP1Oc2ccccc2-c2ccccc21)C(=O)O. The molecule has 1 aliphatic rings. The molecule has 3 atom stereocenters. The smallest absolute Gasteiger partial charge is 0.311 e. The number of rotatable bonds is 9. The van der Waals surface area contributed by atoms with Crippen LogP contribution < -0.4 is 9.83 Å². The summed E-state index contributed by atoms with van der Waals surface area (Å²) in [7, 11) is -1.51. The van der Waals surface area contributed by atoms with E-state index < -0.39 is 44.6 Å². The fourth-order valence-electron chi connectivity index (χ4n) is 3.88. The van der Waals surface area contributed by atoms with Crippen molar-refractivity contribution in [1.82, 2.24) is 0 Å². The molecule has 4 N–H and O–H groups in total. The summed E-state index contributed by atoms with van der Waals surface area (Å²) in [5, 5.41) is 39.5. The molecule has 0 amide bonds. The summed E-state index contributed by atoms with van der Waals surface area (Å²) < 4.78 is 6.18. The van der Waals surface area contributed by atoms with Gasteiger partial charge in [0.2, 0.25) is 0 Å². The van der Waals surface area contributed by atoms with Crippen molar-refractivity contribution in [3.63, 3.8) is 0 Å². The average Bonchev–Trinajstić information content (AvgIpc) is 2.71. The van der Waals surface area contributed by atoms with E-state index in [0.29, 0.717) is 5.75 Å². The number of fused-ring (bicyclic) bond motifs is 3. The molecule has 0 saturated heterocycles. The largest absolute Gasteiger partial charge is 0.481 e. The second-order valence-electron chi connectivity index (χ2n) is 6.98. The number of aliphatic hydroxyl groups excluding tert-OH is 2. The van der Waals surface area contributed by atoms with Gasteiger partial charge in [-0.1, -0.05) is 42.5 Å². The van der Waals surface area contributed by atoms with Crippen LogP contribution in [0.2, 0.25) is 0 Å². The van der Waals surface area contributed by atoms with E-state index in [1.807, 2.05) is 42.5 Å². The number of aliphatic carboxylic acids is 2. The Hall–Kier alpha value is -2.47. The first-order valence-corrected chi connectivity index (χ1v) is 10.7. The van der Waals surface area contributed by atoms with E-state index in [9.17, 15) is 30.0 Å². The molecule has 1 heterocycles. The maximum Gasteiger partial charge on any atom is 0.311 e. The minimum absolute atomic E-state index is 0.0828. The van der Waals surface area contributed by atoms with E-state index >= 15 is 0 Å². The molecule has 1 aliphatic heterocycles. The van der Waals surface area contributed by atoms with Crippen molar-refractivity contribution < 1.29 is 34.5 Å². The van der Waals surface area contributed by atoms with Gasteiger partial charge < -0.3 is 24.9 Å². The van der Waals surface area contributed by atoms with Crippen LogP contribution in [0.25, 0.3) is 11.1 Å². The highest BCUT2D eigenvalue weighted by molar-refractivity contribution is 7.61. The van der Waals surface area contributed by atoms with Crippen molar-refractivity contribution in [2.45, 2.75) is 12.8 Å². The highest BCUT2D eigenvalue weighted by Crippen LogP contribution is 2.53. The van der Waals surface area contributed by atoms with Crippen LogP contribution in [0, 0.1) is 11.3 Å². The molecule has 0 fully saturated rings. The summed E-state index contributed by atoms with van der Waals surface area (Å²) in [5.41, 5.74) is 0.0573. The third-order valence-electron chi connectivity index (χ3n) is 5.35. The van der Waals surface area contributed by atoms with Gasteiger partial charge in [0.05, 0.1) is 11.3 Å². The second kappa shape index (κ2) is 8.91. The molecule has 154 valence electrons. The molecule has 2 aromatic rings. The maximum atomic E-state index is 12.4. The fraction of sp³-hybridized carbons (Fsp3) is 0.333. The zero-order chi connectivity index (χ0) is 21.0. The zero-order valence-electron chi connectivity index (χ0n) is 15.7. The van der Waals surface area contributed by atoms with Crippen LogP contribution >= 0.6 is 8.15 Å². The third-order valence-corrected chi connectivity index (χ3v) is 7.55. The summed E-state index contributed by atoms with van der Waals surface area (Å²) in [6.45, 7) is -0.946. The van der Waals surface area contributed by atoms with E-state index in [0.717, 1.165) is 16.4 Å². The fourth-order valence-corrected chi connectivity index (χ4v) is 6.35. The summed E-state index contributed by atoms with van der Waals surface area (Å²) in [6.07, 6.45) is -0.547. The molecule has 0 saturated carbocycles. The van der Waals surface area contributed by atoms with Gasteiger partial charge in [0.15, 0.2) is 0 Å². The highest BCUT2D eigenvalue weighted by Gasteiger charge is 2.51. The predicted octanol–water partition coefficient (Wildman–Crippen LogP) is 2.30. The molecule has 2 aromatic carbocycles. The molecule has 0 aromatic heterocycles. The number of benzene rings is 2. The summed E-state index contributed by atoms with van der Waals surface area (Å²) in [6, 6.07) is 15.0. The van der Waals surface area contributed by atoms with Crippen molar-refractivity contribution in [3.05, 3.63) is 48.5 Å². The molecule has 29 heavy (non-hydrogen) atoms. The Kier molecular flexibility index (Phi) is 6.52. The minimum Gasteiger partial charge on any atom is -0.481 e. The maximum absolute atomic E-state index is 12.4. The molecule has 0 spiro atoms. The Morgan fingerprint density at radius 2 is 1.62 bits per heavy atom. The molecule has 3 unspecified atom stereocenters. The highest BCUT2D eigenvalue weighted by atomic mass is 31.1. The van der Waals surface area contributed by atoms with Crippen LogP contribution in [0.4, 0.5) is 0 Å². The van der Waals surface area contributed by atoms with Gasteiger partial charge >= 0.3 is 11.9 Å². The first-order chi connectivity index (χ1) is 13.9. The number of carbonyl (C=O) groups is 2. The third kappa shape index (κ3) is 3.99. The summed E-state index contributed by atoms with van der Waals surface area (Å²) in [5.74, 6) is -3.35. The van der Waals surface area contributed by atoms with Crippen molar-refractivity contribution in [2.24, 2.45) is 11.3 Å². The normalized spacial score (nSPS) is 17.9. The average molecular weight is 418 g/mol. The number of para-hydroxylation sites is 1. The molecular formula is C21H23O7P. The number of hydrogen-bond acceptors (Lipinski definition) is 5. The Morgan fingerprint density at radius 3 is 2.24 bits per heavy atom. The van der Waals surface area contributed by atoms with Crippen LogP contribution in [0.1, 0.15) is 12.8 Å². The zero-order valence-corrected chi connectivity index (χ0v) is 16.6.